The van der Waals surface area contributed by atoms with E-state index in [1.807, 2.05) is 32.0 Å². The zero-order valence-corrected chi connectivity index (χ0v) is 12.5. The summed E-state index contributed by atoms with van der Waals surface area (Å²) in [7, 11) is 0. The van der Waals surface area contributed by atoms with Crippen LogP contribution >= 0.6 is 0 Å². The molecule has 1 heterocycles. The largest absolute Gasteiger partial charge is 0.384 e. The van der Waals surface area contributed by atoms with Crippen LogP contribution in [-0.4, -0.2) is 30.3 Å². The van der Waals surface area contributed by atoms with Gasteiger partial charge in [0.15, 0.2) is 0 Å². The minimum atomic E-state index is -0.199. The molecule has 1 aromatic carbocycles. The highest BCUT2D eigenvalue weighted by Gasteiger charge is 2.32. The molecule has 112 valence electrons. The van der Waals surface area contributed by atoms with E-state index in [1.54, 1.807) is 0 Å². The number of rotatable bonds is 3. The summed E-state index contributed by atoms with van der Waals surface area (Å²) in [5.74, 6) is 5.36. The molecule has 0 spiro atoms. The fourth-order valence-corrected chi connectivity index (χ4v) is 2.58. The van der Waals surface area contributed by atoms with Crippen molar-refractivity contribution in [3.05, 3.63) is 29.3 Å². The van der Waals surface area contributed by atoms with Gasteiger partial charge in [-0.25, -0.2) is 0 Å². The number of hydrogen-bond donors (Lipinski definition) is 2. The van der Waals surface area contributed by atoms with E-state index in [0.29, 0.717) is 12.3 Å². The van der Waals surface area contributed by atoms with Gasteiger partial charge in [0.1, 0.15) is 6.61 Å². The summed E-state index contributed by atoms with van der Waals surface area (Å²) in [6.45, 7) is 4.44. The number of aliphatic hydroxyl groups excluding tert-OH is 1. The summed E-state index contributed by atoms with van der Waals surface area (Å²) >= 11 is 0. The molecule has 0 saturated carbocycles. The van der Waals surface area contributed by atoms with Gasteiger partial charge in [-0.05, 0) is 37.5 Å². The van der Waals surface area contributed by atoms with Gasteiger partial charge in [-0.2, -0.15) is 0 Å². The number of ether oxygens (including phenoxy) is 1. The fraction of sp³-hybridized carbons (Fsp3) is 0.471. The third-order valence-corrected chi connectivity index (χ3v) is 3.68. The van der Waals surface area contributed by atoms with Crippen molar-refractivity contribution in [2.24, 2.45) is 5.92 Å². The van der Waals surface area contributed by atoms with Crippen LogP contribution in [0.4, 0.5) is 5.69 Å². The van der Waals surface area contributed by atoms with Crippen LogP contribution in [-0.2, 0) is 9.53 Å². The Labute approximate surface area is 125 Å². The van der Waals surface area contributed by atoms with Crippen molar-refractivity contribution in [2.75, 3.05) is 18.5 Å². The second-order valence-corrected chi connectivity index (χ2v) is 5.21. The molecule has 0 aliphatic carbocycles. The Kier molecular flexibility index (Phi) is 5.38. The Morgan fingerprint density at radius 3 is 3.05 bits per heavy atom. The molecule has 2 atom stereocenters. The maximum Gasteiger partial charge on any atom is 0.230 e. The third-order valence-electron chi connectivity index (χ3n) is 3.68. The normalized spacial score (nSPS) is 20.7. The molecule has 4 heteroatoms. The predicted octanol–water partition coefficient (Wildman–Crippen LogP) is 2.09. The van der Waals surface area contributed by atoms with E-state index in [-0.39, 0.29) is 24.5 Å². The first-order valence-electron chi connectivity index (χ1n) is 7.28. The maximum atomic E-state index is 12.4. The molecule has 2 rings (SSSR count). The van der Waals surface area contributed by atoms with Gasteiger partial charge in [0.25, 0.3) is 0 Å². The molecule has 2 unspecified atom stereocenters. The minimum absolute atomic E-state index is 0.00165. The highest BCUT2D eigenvalue weighted by atomic mass is 16.5. The van der Waals surface area contributed by atoms with Crippen LogP contribution in [0.15, 0.2) is 18.2 Å². The van der Waals surface area contributed by atoms with Crippen LogP contribution in [0, 0.1) is 24.7 Å². The molecule has 1 aromatic rings. The third kappa shape index (κ3) is 3.84. The summed E-state index contributed by atoms with van der Waals surface area (Å²) in [5, 5.41) is 11.8. The zero-order valence-electron chi connectivity index (χ0n) is 12.5. The summed E-state index contributed by atoms with van der Waals surface area (Å²) in [5.41, 5.74) is 2.47. The van der Waals surface area contributed by atoms with Gasteiger partial charge in [-0.3, -0.25) is 4.79 Å². The summed E-state index contributed by atoms with van der Waals surface area (Å²) in [4.78, 5) is 12.4. The van der Waals surface area contributed by atoms with Crippen molar-refractivity contribution < 1.29 is 14.6 Å². The second-order valence-electron chi connectivity index (χ2n) is 5.21. The van der Waals surface area contributed by atoms with Gasteiger partial charge < -0.3 is 15.2 Å². The van der Waals surface area contributed by atoms with Crippen LogP contribution < -0.4 is 5.32 Å². The molecule has 1 saturated heterocycles. The topological polar surface area (TPSA) is 58.6 Å². The Balaban J connectivity index is 2.18. The van der Waals surface area contributed by atoms with Crippen molar-refractivity contribution in [1.82, 2.24) is 0 Å². The van der Waals surface area contributed by atoms with Crippen molar-refractivity contribution in [3.63, 3.8) is 0 Å². The average Bonchev–Trinajstić information content (AvgIpc) is 2.95. The number of hydrogen-bond acceptors (Lipinski definition) is 3. The van der Waals surface area contributed by atoms with E-state index in [9.17, 15) is 4.79 Å². The number of nitrogens with one attached hydrogen (secondary N) is 1. The second kappa shape index (κ2) is 7.26. The number of aliphatic hydroxyl groups is 1. The summed E-state index contributed by atoms with van der Waals surface area (Å²) < 4.78 is 5.57. The smallest absolute Gasteiger partial charge is 0.230 e. The van der Waals surface area contributed by atoms with Crippen LogP contribution in [0.2, 0.25) is 0 Å². The first kappa shape index (κ1) is 15.6. The van der Waals surface area contributed by atoms with Crippen LogP contribution in [0.3, 0.4) is 0 Å². The molecule has 0 bridgehead atoms. The molecule has 2 N–H and O–H groups in total. The van der Waals surface area contributed by atoms with Gasteiger partial charge in [0, 0.05) is 12.2 Å². The fourth-order valence-electron chi connectivity index (χ4n) is 2.58. The Bertz CT molecular complexity index is 571. The van der Waals surface area contributed by atoms with Crippen LogP contribution in [0.1, 0.15) is 30.9 Å². The molecule has 4 nitrogen and oxygen atoms in total. The number of carbonyl (C=O) groups excluding carboxylic acids is 1. The molecule has 0 radical (unpaired) electrons. The van der Waals surface area contributed by atoms with E-state index in [4.69, 9.17) is 9.84 Å². The molecule has 1 fully saturated rings. The minimum Gasteiger partial charge on any atom is -0.384 e. The average molecular weight is 287 g/mol. The Morgan fingerprint density at radius 1 is 1.52 bits per heavy atom. The monoisotopic (exact) mass is 287 g/mol. The van der Waals surface area contributed by atoms with Gasteiger partial charge in [-0.1, -0.05) is 24.8 Å². The van der Waals surface area contributed by atoms with E-state index in [0.717, 1.165) is 24.0 Å². The molecule has 21 heavy (non-hydrogen) atoms. The van der Waals surface area contributed by atoms with E-state index >= 15 is 0 Å². The lowest BCUT2D eigenvalue weighted by Gasteiger charge is -2.17. The molecular formula is C17H21NO3. The SMILES string of the molecule is CCC1OCCC1C(=O)Nc1cc(C)ccc1C#CCO. The van der Waals surface area contributed by atoms with Gasteiger partial charge >= 0.3 is 0 Å². The maximum absolute atomic E-state index is 12.4. The lowest BCUT2D eigenvalue weighted by Crippen LogP contribution is -2.29. The highest BCUT2D eigenvalue weighted by molar-refractivity contribution is 5.94. The number of benzene rings is 1. The first-order valence-corrected chi connectivity index (χ1v) is 7.28. The van der Waals surface area contributed by atoms with Gasteiger partial charge in [0.2, 0.25) is 5.91 Å². The lowest BCUT2D eigenvalue weighted by molar-refractivity contribution is -0.121. The number of aryl methyl sites for hydroxylation is 1. The van der Waals surface area contributed by atoms with Gasteiger partial charge in [-0.15, -0.1) is 0 Å². The van der Waals surface area contributed by atoms with Crippen molar-refractivity contribution >= 4 is 11.6 Å². The van der Waals surface area contributed by atoms with Crippen molar-refractivity contribution in [2.45, 2.75) is 32.8 Å². The number of carbonyl (C=O) groups is 1. The van der Waals surface area contributed by atoms with E-state index in [2.05, 4.69) is 17.2 Å². The quantitative estimate of drug-likeness (QED) is 0.837. The van der Waals surface area contributed by atoms with Crippen LogP contribution in [0.25, 0.3) is 0 Å². The number of anilines is 1. The summed E-state index contributed by atoms with van der Waals surface area (Å²) in [6, 6.07) is 5.69. The van der Waals surface area contributed by atoms with Crippen LogP contribution in [0.5, 0.6) is 0 Å². The van der Waals surface area contributed by atoms with E-state index in [1.165, 1.54) is 0 Å². The lowest BCUT2D eigenvalue weighted by atomic mass is 9.98. The molecule has 1 aliphatic heterocycles. The highest BCUT2D eigenvalue weighted by Crippen LogP contribution is 2.26. The number of amides is 1. The van der Waals surface area contributed by atoms with Gasteiger partial charge in [0.05, 0.1) is 17.7 Å². The Morgan fingerprint density at radius 2 is 2.33 bits per heavy atom. The zero-order chi connectivity index (χ0) is 15.2. The standard InChI is InChI=1S/C17H21NO3/c1-3-16-14(8-10-21-16)17(20)18-15-11-12(2)6-7-13(15)5-4-9-19/h6-7,11,14,16,19H,3,8-10H2,1-2H3,(H,18,20). The predicted molar refractivity (Wildman–Crippen MR) is 81.9 cm³/mol. The van der Waals surface area contributed by atoms with Crippen molar-refractivity contribution in [1.29, 1.82) is 0 Å². The van der Waals surface area contributed by atoms with Crippen molar-refractivity contribution in [3.8, 4) is 11.8 Å². The Hall–Kier alpha value is -1.83. The molecule has 1 amide bonds. The molecular weight excluding hydrogens is 266 g/mol. The summed E-state index contributed by atoms with van der Waals surface area (Å²) in [6.07, 6.45) is 1.60. The first-order chi connectivity index (χ1) is 10.2. The van der Waals surface area contributed by atoms with E-state index < -0.39 is 0 Å². The molecule has 0 aromatic heterocycles. The molecule has 1 aliphatic rings.